The summed E-state index contributed by atoms with van der Waals surface area (Å²) in [5, 5.41) is 4.71. The lowest BCUT2D eigenvalue weighted by Gasteiger charge is -2.05. The zero-order valence-electron chi connectivity index (χ0n) is 14.2. The third-order valence-corrected chi connectivity index (χ3v) is 5.88. The van der Waals surface area contributed by atoms with Gasteiger partial charge < -0.3 is 4.42 Å². The van der Waals surface area contributed by atoms with Crippen LogP contribution in [0.5, 0.6) is 0 Å². The Hall–Kier alpha value is -2.59. The van der Waals surface area contributed by atoms with Gasteiger partial charge in [-0.1, -0.05) is 0 Å². The van der Waals surface area contributed by atoms with Gasteiger partial charge in [-0.2, -0.15) is 8.78 Å². The maximum absolute atomic E-state index is 12.5. The van der Waals surface area contributed by atoms with Crippen LogP contribution in [0.25, 0.3) is 11.3 Å². The average molecular weight is 412 g/mol. The number of anilines is 1. The van der Waals surface area contributed by atoms with Crippen molar-refractivity contribution in [1.29, 1.82) is 0 Å². The first-order chi connectivity index (χ1) is 12.7. The first kappa shape index (κ1) is 19.2. The Bertz CT molecular complexity index is 1090. The molecule has 1 amide bonds. The summed E-state index contributed by atoms with van der Waals surface area (Å²) in [5.74, 6) is -2.58. The molecule has 0 aliphatic carbocycles. The van der Waals surface area contributed by atoms with Gasteiger partial charge in [0.25, 0.3) is 5.91 Å². The van der Waals surface area contributed by atoms with Gasteiger partial charge in [0.1, 0.15) is 11.5 Å². The number of aromatic nitrogens is 1. The van der Waals surface area contributed by atoms with Gasteiger partial charge in [-0.25, -0.2) is 13.4 Å². The maximum Gasteiger partial charge on any atom is 0.341 e. The second-order valence-electron chi connectivity index (χ2n) is 5.65. The van der Waals surface area contributed by atoms with Gasteiger partial charge in [-0.15, -0.1) is 11.3 Å². The van der Waals surface area contributed by atoms with Gasteiger partial charge in [0.15, 0.2) is 5.13 Å². The van der Waals surface area contributed by atoms with Gasteiger partial charge in [0.05, 0.1) is 10.6 Å². The molecule has 142 valence electrons. The summed E-state index contributed by atoms with van der Waals surface area (Å²) in [6.07, 6.45) is 0. The number of benzene rings is 1. The molecule has 2 heterocycles. The molecule has 0 aliphatic rings. The van der Waals surface area contributed by atoms with E-state index in [1.54, 1.807) is 5.38 Å². The minimum atomic E-state index is -4.69. The molecule has 0 saturated carbocycles. The highest BCUT2D eigenvalue weighted by Crippen LogP contribution is 2.29. The summed E-state index contributed by atoms with van der Waals surface area (Å²) in [5.41, 5.74) is 1.60. The molecular weight excluding hydrogens is 398 g/mol. The van der Waals surface area contributed by atoms with Crippen LogP contribution in [0.2, 0.25) is 0 Å². The number of halogens is 2. The lowest BCUT2D eigenvalue weighted by atomic mass is 10.2. The quantitative estimate of drug-likeness (QED) is 0.676. The summed E-state index contributed by atoms with van der Waals surface area (Å²) in [6.45, 7) is 3.64. The molecule has 6 nitrogen and oxygen atoms in total. The van der Waals surface area contributed by atoms with Gasteiger partial charge in [-0.3, -0.25) is 10.1 Å². The molecule has 0 bridgehead atoms. The molecule has 3 aromatic rings. The Morgan fingerprint density at radius 2 is 1.89 bits per heavy atom. The smallest absolute Gasteiger partial charge is 0.341 e. The Morgan fingerprint density at radius 1 is 1.22 bits per heavy atom. The molecule has 0 aliphatic heterocycles. The van der Waals surface area contributed by atoms with Crippen molar-refractivity contribution in [2.45, 2.75) is 24.5 Å². The van der Waals surface area contributed by atoms with Crippen molar-refractivity contribution >= 4 is 32.2 Å². The van der Waals surface area contributed by atoms with E-state index in [4.69, 9.17) is 4.42 Å². The number of furan rings is 1. The largest absolute Gasteiger partial charge is 0.466 e. The van der Waals surface area contributed by atoms with E-state index in [0.29, 0.717) is 16.6 Å². The summed E-state index contributed by atoms with van der Waals surface area (Å²) in [4.78, 5) is 16.1. The third kappa shape index (κ3) is 3.91. The van der Waals surface area contributed by atoms with Crippen molar-refractivity contribution in [3.8, 4) is 11.3 Å². The number of nitrogens with one attached hydrogen (secondary N) is 1. The second-order valence-corrected chi connectivity index (χ2v) is 8.42. The fourth-order valence-corrected chi connectivity index (χ4v) is 3.83. The SMILES string of the molecule is Cc1cc(-c2csc(NC(=O)c3ccc(S(=O)(=O)C(F)F)cc3)n2)c(C)o1. The van der Waals surface area contributed by atoms with Crippen LogP contribution in [0.3, 0.4) is 0 Å². The average Bonchev–Trinajstić information content (AvgIpc) is 3.20. The second kappa shape index (κ2) is 7.20. The Balaban J connectivity index is 1.76. The molecular formula is C17H14F2N2O4S2. The number of amides is 1. The molecule has 1 N–H and O–H groups in total. The van der Waals surface area contributed by atoms with Gasteiger partial charge in [0.2, 0.25) is 9.84 Å². The van der Waals surface area contributed by atoms with Crippen LogP contribution in [0.4, 0.5) is 13.9 Å². The molecule has 10 heteroatoms. The monoisotopic (exact) mass is 412 g/mol. The zero-order chi connectivity index (χ0) is 19.8. The number of aryl methyl sites for hydroxylation is 2. The molecule has 0 fully saturated rings. The number of hydrogen-bond donors (Lipinski definition) is 1. The van der Waals surface area contributed by atoms with Crippen LogP contribution >= 0.6 is 11.3 Å². The summed E-state index contributed by atoms with van der Waals surface area (Å²) < 4.78 is 53.3. The van der Waals surface area contributed by atoms with Crippen LogP contribution in [-0.4, -0.2) is 25.1 Å². The van der Waals surface area contributed by atoms with E-state index in [9.17, 15) is 22.0 Å². The van der Waals surface area contributed by atoms with Crippen LogP contribution in [-0.2, 0) is 9.84 Å². The number of rotatable bonds is 5. The fourth-order valence-electron chi connectivity index (χ4n) is 2.41. The topological polar surface area (TPSA) is 89.3 Å². The molecule has 0 radical (unpaired) electrons. The molecule has 0 saturated heterocycles. The van der Waals surface area contributed by atoms with E-state index in [1.807, 2.05) is 19.9 Å². The fraction of sp³-hybridized carbons (Fsp3) is 0.176. The molecule has 2 aromatic heterocycles. The highest BCUT2D eigenvalue weighted by atomic mass is 32.2. The lowest BCUT2D eigenvalue weighted by Crippen LogP contribution is -2.14. The number of nitrogens with zero attached hydrogens (tertiary/aromatic N) is 1. The number of hydrogen-bond acceptors (Lipinski definition) is 6. The highest BCUT2D eigenvalue weighted by molar-refractivity contribution is 7.91. The van der Waals surface area contributed by atoms with Crippen molar-refractivity contribution < 1.29 is 26.4 Å². The van der Waals surface area contributed by atoms with Gasteiger partial charge in [-0.05, 0) is 44.2 Å². The Kier molecular flexibility index (Phi) is 5.11. The van der Waals surface area contributed by atoms with E-state index < -0.39 is 26.4 Å². The van der Waals surface area contributed by atoms with E-state index in [0.717, 1.165) is 23.5 Å². The number of carbonyl (C=O) groups is 1. The van der Waals surface area contributed by atoms with Crippen molar-refractivity contribution in [3.05, 3.63) is 52.8 Å². The molecule has 3 rings (SSSR count). The minimum absolute atomic E-state index is 0.121. The first-order valence-electron chi connectivity index (χ1n) is 7.65. The zero-order valence-corrected chi connectivity index (χ0v) is 15.8. The van der Waals surface area contributed by atoms with Crippen LogP contribution in [0.1, 0.15) is 21.9 Å². The normalized spacial score (nSPS) is 11.7. The number of sulfone groups is 1. The van der Waals surface area contributed by atoms with Crippen molar-refractivity contribution in [3.63, 3.8) is 0 Å². The third-order valence-electron chi connectivity index (χ3n) is 3.72. The molecule has 27 heavy (non-hydrogen) atoms. The molecule has 0 spiro atoms. The van der Waals surface area contributed by atoms with Crippen LogP contribution in [0, 0.1) is 13.8 Å². The molecule has 0 unspecified atom stereocenters. The summed E-state index contributed by atoms with van der Waals surface area (Å²) in [6, 6.07) is 6.13. The number of carbonyl (C=O) groups excluding carboxylic acids is 1. The van der Waals surface area contributed by atoms with E-state index >= 15 is 0 Å². The van der Waals surface area contributed by atoms with Gasteiger partial charge >= 0.3 is 5.76 Å². The van der Waals surface area contributed by atoms with Crippen molar-refractivity contribution in [2.75, 3.05) is 5.32 Å². The summed E-state index contributed by atoms with van der Waals surface area (Å²) in [7, 11) is -4.69. The predicted molar refractivity (Wildman–Crippen MR) is 96.9 cm³/mol. The number of alkyl halides is 2. The van der Waals surface area contributed by atoms with E-state index in [2.05, 4.69) is 10.3 Å². The Labute approximate surface area is 157 Å². The predicted octanol–water partition coefficient (Wildman–Crippen LogP) is 4.27. The maximum atomic E-state index is 12.5. The van der Waals surface area contributed by atoms with E-state index in [1.165, 1.54) is 23.5 Å². The molecule has 1 aromatic carbocycles. The lowest BCUT2D eigenvalue weighted by molar-refractivity contribution is 0.102. The van der Waals surface area contributed by atoms with Crippen LogP contribution in [0.15, 0.2) is 45.0 Å². The van der Waals surface area contributed by atoms with E-state index in [-0.39, 0.29) is 5.56 Å². The first-order valence-corrected chi connectivity index (χ1v) is 10.1. The van der Waals surface area contributed by atoms with Crippen molar-refractivity contribution in [2.24, 2.45) is 0 Å². The number of thiazole rings is 1. The van der Waals surface area contributed by atoms with Crippen molar-refractivity contribution in [1.82, 2.24) is 4.98 Å². The Morgan fingerprint density at radius 3 is 2.44 bits per heavy atom. The standard InChI is InChI=1S/C17H14F2N2O4S2/c1-9-7-13(10(2)25-9)14-8-26-17(20-14)21-15(22)11-3-5-12(6-4-11)27(23,24)16(18)19/h3-8,16H,1-2H3,(H,20,21,22). The van der Waals surface area contributed by atoms with Gasteiger partial charge in [0, 0.05) is 16.5 Å². The highest BCUT2D eigenvalue weighted by Gasteiger charge is 2.26. The van der Waals surface area contributed by atoms with Crippen LogP contribution < -0.4 is 5.32 Å². The minimum Gasteiger partial charge on any atom is -0.466 e. The summed E-state index contributed by atoms with van der Waals surface area (Å²) >= 11 is 1.22. The molecule has 0 atom stereocenters.